The summed E-state index contributed by atoms with van der Waals surface area (Å²) in [5, 5.41) is 11.4. The van der Waals surface area contributed by atoms with E-state index in [4.69, 9.17) is 23.2 Å². The number of benzene rings is 2. The van der Waals surface area contributed by atoms with Crippen molar-refractivity contribution in [3.63, 3.8) is 0 Å². The van der Waals surface area contributed by atoms with Crippen molar-refractivity contribution in [2.75, 3.05) is 0 Å². The number of carbonyl (C=O) groups excluding carboxylic acids is 1. The fraction of sp³-hybridized carbons (Fsp3) is 0. The normalized spacial score (nSPS) is 10.8. The molecule has 0 bridgehead atoms. The fourth-order valence-corrected chi connectivity index (χ4v) is 2.19. The third kappa shape index (κ3) is 3.90. The quantitative estimate of drug-likeness (QED) is 0.352. The van der Waals surface area contributed by atoms with Gasteiger partial charge in [-0.2, -0.15) is 0 Å². The fourth-order valence-electron chi connectivity index (χ4n) is 1.69. The van der Waals surface area contributed by atoms with E-state index >= 15 is 0 Å². The molecular formula is C15H9Cl2NO3. The van der Waals surface area contributed by atoms with Crippen LogP contribution in [0.15, 0.2) is 48.5 Å². The van der Waals surface area contributed by atoms with Gasteiger partial charge in [-0.3, -0.25) is 14.9 Å². The third-order valence-corrected chi connectivity index (χ3v) is 3.25. The predicted molar refractivity (Wildman–Crippen MR) is 82.9 cm³/mol. The zero-order valence-corrected chi connectivity index (χ0v) is 12.1. The summed E-state index contributed by atoms with van der Waals surface area (Å²) in [4.78, 5) is 22.2. The van der Waals surface area contributed by atoms with Gasteiger partial charge in [0.15, 0.2) is 5.78 Å². The summed E-state index contributed by atoms with van der Waals surface area (Å²) in [5.74, 6) is -0.303. The van der Waals surface area contributed by atoms with Crippen molar-refractivity contribution in [3.05, 3.63) is 79.8 Å². The van der Waals surface area contributed by atoms with E-state index < -0.39 is 4.92 Å². The highest BCUT2D eigenvalue weighted by molar-refractivity contribution is 6.37. The first-order valence-corrected chi connectivity index (χ1v) is 6.65. The van der Waals surface area contributed by atoms with Crippen LogP contribution >= 0.6 is 23.2 Å². The first kappa shape index (κ1) is 15.2. The third-order valence-electron chi connectivity index (χ3n) is 2.70. The van der Waals surface area contributed by atoms with Crippen molar-refractivity contribution in [1.82, 2.24) is 0 Å². The predicted octanol–water partition coefficient (Wildman–Crippen LogP) is 4.80. The van der Waals surface area contributed by atoms with Gasteiger partial charge in [-0.15, -0.1) is 0 Å². The molecule has 0 aliphatic carbocycles. The van der Waals surface area contributed by atoms with E-state index in [1.54, 1.807) is 18.2 Å². The van der Waals surface area contributed by atoms with Gasteiger partial charge in [0.25, 0.3) is 5.69 Å². The van der Waals surface area contributed by atoms with Crippen LogP contribution in [0.2, 0.25) is 10.0 Å². The number of halogens is 2. The van der Waals surface area contributed by atoms with E-state index in [1.807, 2.05) is 0 Å². The van der Waals surface area contributed by atoms with Crippen LogP contribution in [0.25, 0.3) is 6.08 Å². The molecule has 2 rings (SSSR count). The van der Waals surface area contributed by atoms with Gasteiger partial charge in [0.1, 0.15) is 0 Å². The SMILES string of the molecule is O=C(C=Cc1cccc([N+](=O)[O-])c1)c1ccc(Cl)cc1Cl. The molecule has 0 saturated heterocycles. The Bertz CT molecular complexity index is 741. The standard InChI is InChI=1S/C15H9Cl2NO3/c16-11-5-6-13(14(17)9-11)15(19)7-4-10-2-1-3-12(8-10)18(20)21/h1-9H. The molecule has 4 nitrogen and oxygen atoms in total. The largest absolute Gasteiger partial charge is 0.289 e. The molecule has 0 unspecified atom stereocenters. The Morgan fingerprint density at radius 2 is 1.90 bits per heavy atom. The van der Waals surface area contributed by atoms with Crippen LogP contribution in [-0.4, -0.2) is 10.7 Å². The Morgan fingerprint density at radius 1 is 1.14 bits per heavy atom. The van der Waals surface area contributed by atoms with Crippen molar-refractivity contribution >= 4 is 40.7 Å². The zero-order valence-electron chi connectivity index (χ0n) is 10.6. The highest BCUT2D eigenvalue weighted by Crippen LogP contribution is 2.22. The molecule has 0 radical (unpaired) electrons. The molecular weight excluding hydrogens is 313 g/mol. The number of nitro groups is 1. The van der Waals surface area contributed by atoms with Crippen LogP contribution in [0.4, 0.5) is 5.69 Å². The zero-order chi connectivity index (χ0) is 15.4. The van der Waals surface area contributed by atoms with E-state index in [9.17, 15) is 14.9 Å². The van der Waals surface area contributed by atoms with E-state index in [1.165, 1.54) is 36.4 Å². The summed E-state index contributed by atoms with van der Waals surface area (Å²) in [6, 6.07) is 10.6. The van der Waals surface area contributed by atoms with E-state index in [2.05, 4.69) is 0 Å². The Hall–Kier alpha value is -2.17. The summed E-state index contributed by atoms with van der Waals surface area (Å²) in [5.41, 5.74) is 0.847. The lowest BCUT2D eigenvalue weighted by Gasteiger charge is -2.00. The maximum absolute atomic E-state index is 12.0. The minimum Gasteiger partial charge on any atom is -0.289 e. The van der Waals surface area contributed by atoms with Crippen LogP contribution in [0.1, 0.15) is 15.9 Å². The smallest absolute Gasteiger partial charge is 0.270 e. The molecule has 0 aliphatic rings. The van der Waals surface area contributed by atoms with E-state index in [0.717, 1.165) is 0 Å². The molecule has 0 amide bonds. The summed E-state index contributed by atoms with van der Waals surface area (Å²) >= 11 is 11.7. The average Bonchev–Trinajstić information content (AvgIpc) is 2.45. The number of nitro benzene ring substituents is 1. The molecule has 0 aliphatic heterocycles. The van der Waals surface area contributed by atoms with Crippen molar-refractivity contribution in [3.8, 4) is 0 Å². The number of hydrogen-bond donors (Lipinski definition) is 0. The molecule has 2 aromatic carbocycles. The summed E-state index contributed by atoms with van der Waals surface area (Å²) < 4.78 is 0. The average molecular weight is 322 g/mol. The van der Waals surface area contributed by atoms with Gasteiger partial charge in [-0.25, -0.2) is 0 Å². The number of allylic oxidation sites excluding steroid dienone is 1. The highest BCUT2D eigenvalue weighted by Gasteiger charge is 2.08. The van der Waals surface area contributed by atoms with Gasteiger partial charge in [0.2, 0.25) is 0 Å². The molecule has 0 N–H and O–H groups in total. The molecule has 106 valence electrons. The van der Waals surface area contributed by atoms with Gasteiger partial charge in [-0.1, -0.05) is 41.4 Å². The van der Waals surface area contributed by atoms with Gasteiger partial charge in [-0.05, 0) is 29.8 Å². The Labute approximate surface area is 130 Å². The van der Waals surface area contributed by atoms with Crippen molar-refractivity contribution in [2.45, 2.75) is 0 Å². The Kier molecular flexibility index (Phi) is 4.73. The molecule has 0 atom stereocenters. The van der Waals surface area contributed by atoms with Crippen molar-refractivity contribution in [2.24, 2.45) is 0 Å². The minimum absolute atomic E-state index is 0.0332. The van der Waals surface area contributed by atoms with E-state index in [-0.39, 0.29) is 16.5 Å². The maximum Gasteiger partial charge on any atom is 0.270 e. The van der Waals surface area contributed by atoms with Gasteiger partial charge >= 0.3 is 0 Å². The van der Waals surface area contributed by atoms with Crippen LogP contribution in [0.3, 0.4) is 0 Å². The number of ketones is 1. The monoisotopic (exact) mass is 321 g/mol. The lowest BCUT2D eigenvalue weighted by atomic mass is 10.1. The Balaban J connectivity index is 2.22. The second kappa shape index (κ2) is 6.52. The number of hydrogen-bond acceptors (Lipinski definition) is 3. The molecule has 0 saturated carbocycles. The molecule has 6 heteroatoms. The summed E-state index contributed by atoms with van der Waals surface area (Å²) in [6.07, 6.45) is 2.81. The lowest BCUT2D eigenvalue weighted by Crippen LogP contribution is -1.95. The number of non-ortho nitro benzene ring substituents is 1. The first-order valence-electron chi connectivity index (χ1n) is 5.89. The van der Waals surface area contributed by atoms with Crippen LogP contribution in [0.5, 0.6) is 0 Å². The molecule has 0 aromatic heterocycles. The molecule has 21 heavy (non-hydrogen) atoms. The molecule has 0 spiro atoms. The highest BCUT2D eigenvalue weighted by atomic mass is 35.5. The molecule has 0 heterocycles. The second-order valence-electron chi connectivity index (χ2n) is 4.17. The summed E-state index contributed by atoms with van der Waals surface area (Å²) in [7, 11) is 0. The number of nitrogens with zero attached hydrogens (tertiary/aromatic N) is 1. The van der Waals surface area contributed by atoms with Gasteiger partial charge < -0.3 is 0 Å². The van der Waals surface area contributed by atoms with Gasteiger partial charge in [0, 0.05) is 22.7 Å². The molecule has 0 fully saturated rings. The second-order valence-corrected chi connectivity index (χ2v) is 5.02. The van der Waals surface area contributed by atoms with Crippen LogP contribution < -0.4 is 0 Å². The van der Waals surface area contributed by atoms with Gasteiger partial charge in [0.05, 0.1) is 9.95 Å². The van der Waals surface area contributed by atoms with Crippen LogP contribution in [-0.2, 0) is 0 Å². The first-order chi connectivity index (χ1) is 9.97. The summed E-state index contributed by atoms with van der Waals surface area (Å²) in [6.45, 7) is 0. The van der Waals surface area contributed by atoms with E-state index in [0.29, 0.717) is 16.1 Å². The topological polar surface area (TPSA) is 60.2 Å². The Morgan fingerprint density at radius 3 is 2.57 bits per heavy atom. The number of rotatable bonds is 4. The van der Waals surface area contributed by atoms with Crippen molar-refractivity contribution in [1.29, 1.82) is 0 Å². The lowest BCUT2D eigenvalue weighted by molar-refractivity contribution is -0.384. The number of carbonyl (C=O) groups is 1. The minimum atomic E-state index is -0.491. The van der Waals surface area contributed by atoms with Crippen LogP contribution in [0, 0.1) is 10.1 Å². The maximum atomic E-state index is 12.0. The van der Waals surface area contributed by atoms with Crippen molar-refractivity contribution < 1.29 is 9.72 Å². The molecule has 2 aromatic rings.